The monoisotopic (exact) mass is 393 g/mol. The van der Waals surface area contributed by atoms with Crippen LogP contribution in [0.5, 0.6) is 0 Å². The van der Waals surface area contributed by atoms with Crippen LogP contribution in [0.15, 0.2) is 42.5 Å². The highest BCUT2D eigenvalue weighted by molar-refractivity contribution is 6.02. The van der Waals surface area contributed by atoms with Crippen molar-refractivity contribution in [2.24, 2.45) is 0 Å². The Morgan fingerprint density at radius 2 is 1.86 bits per heavy atom. The average molecular weight is 394 g/mol. The summed E-state index contributed by atoms with van der Waals surface area (Å²) in [6.07, 6.45) is 3.08. The van der Waals surface area contributed by atoms with E-state index in [0.717, 1.165) is 38.0 Å². The van der Waals surface area contributed by atoms with Gasteiger partial charge in [0, 0.05) is 36.9 Å². The molecule has 5 heteroatoms. The van der Waals surface area contributed by atoms with Gasteiger partial charge in [-0.05, 0) is 55.5 Å². The fourth-order valence-corrected chi connectivity index (χ4v) is 3.63. The van der Waals surface area contributed by atoms with Gasteiger partial charge in [-0.3, -0.25) is 9.59 Å². The van der Waals surface area contributed by atoms with Crippen LogP contribution in [0.3, 0.4) is 0 Å². The highest BCUT2D eigenvalue weighted by Gasteiger charge is 2.22. The normalized spacial score (nSPS) is 14.1. The molecule has 1 aliphatic heterocycles. The number of amides is 2. The molecule has 1 heterocycles. The molecule has 29 heavy (non-hydrogen) atoms. The second kappa shape index (κ2) is 9.59. The van der Waals surface area contributed by atoms with Gasteiger partial charge in [0.2, 0.25) is 5.91 Å². The highest BCUT2D eigenvalue weighted by atomic mass is 16.2. The highest BCUT2D eigenvalue weighted by Crippen LogP contribution is 2.29. The summed E-state index contributed by atoms with van der Waals surface area (Å²) in [6.45, 7) is 7.67. The molecule has 0 aliphatic carbocycles. The van der Waals surface area contributed by atoms with E-state index in [1.54, 1.807) is 6.07 Å². The van der Waals surface area contributed by atoms with Crippen molar-refractivity contribution in [1.29, 1.82) is 0 Å². The lowest BCUT2D eigenvalue weighted by Gasteiger charge is -2.32. The topological polar surface area (TPSA) is 61.4 Å². The number of hydrogen-bond donors (Lipinski definition) is 2. The van der Waals surface area contributed by atoms with E-state index in [4.69, 9.17) is 0 Å². The quantitative estimate of drug-likeness (QED) is 0.727. The summed E-state index contributed by atoms with van der Waals surface area (Å²) in [6, 6.07) is 14.2. The zero-order chi connectivity index (χ0) is 20.8. The van der Waals surface area contributed by atoms with Crippen LogP contribution in [-0.4, -0.2) is 24.4 Å². The lowest BCUT2D eigenvalue weighted by molar-refractivity contribution is -0.116. The Balaban J connectivity index is 1.90. The van der Waals surface area contributed by atoms with E-state index < -0.39 is 0 Å². The minimum Gasteiger partial charge on any atom is -0.366 e. The molecule has 2 aromatic rings. The first-order valence-corrected chi connectivity index (χ1v) is 10.6. The predicted octanol–water partition coefficient (Wildman–Crippen LogP) is 4.52. The van der Waals surface area contributed by atoms with E-state index >= 15 is 0 Å². The van der Waals surface area contributed by atoms with E-state index in [1.807, 2.05) is 26.0 Å². The van der Waals surface area contributed by atoms with E-state index in [1.165, 1.54) is 11.1 Å². The van der Waals surface area contributed by atoms with Gasteiger partial charge in [-0.15, -0.1) is 0 Å². The zero-order valence-electron chi connectivity index (χ0n) is 17.6. The Morgan fingerprint density at radius 1 is 1.10 bits per heavy atom. The molecule has 0 spiro atoms. The number of carbonyl (C=O) groups is 2. The molecule has 1 aliphatic rings. The van der Waals surface area contributed by atoms with Crippen molar-refractivity contribution in [2.75, 3.05) is 16.8 Å². The first-order valence-electron chi connectivity index (χ1n) is 10.6. The molecule has 154 valence electrons. The Hall–Kier alpha value is -2.82. The molecule has 0 fully saturated rings. The Bertz CT molecular complexity index is 878. The maximum atomic E-state index is 13.0. The molecule has 0 aromatic heterocycles. The van der Waals surface area contributed by atoms with E-state index in [0.29, 0.717) is 17.7 Å². The fraction of sp³-hybridized carbons (Fsp3) is 0.417. The van der Waals surface area contributed by atoms with Crippen molar-refractivity contribution >= 4 is 23.2 Å². The molecule has 5 nitrogen and oxygen atoms in total. The van der Waals surface area contributed by atoms with Gasteiger partial charge < -0.3 is 15.5 Å². The molecular weight excluding hydrogens is 362 g/mol. The van der Waals surface area contributed by atoms with Crippen LogP contribution in [0.25, 0.3) is 0 Å². The van der Waals surface area contributed by atoms with Crippen molar-refractivity contribution in [3.8, 4) is 0 Å². The van der Waals surface area contributed by atoms with E-state index in [9.17, 15) is 9.59 Å². The zero-order valence-corrected chi connectivity index (χ0v) is 17.6. The largest absolute Gasteiger partial charge is 0.366 e. The van der Waals surface area contributed by atoms with Crippen LogP contribution in [-0.2, 0) is 17.8 Å². The summed E-state index contributed by atoms with van der Waals surface area (Å²) in [5.41, 5.74) is 4.86. The van der Waals surface area contributed by atoms with Gasteiger partial charge in [0.05, 0.1) is 5.56 Å². The van der Waals surface area contributed by atoms with Crippen molar-refractivity contribution < 1.29 is 9.59 Å². The van der Waals surface area contributed by atoms with Crippen LogP contribution in [0.4, 0.5) is 11.4 Å². The molecule has 3 rings (SSSR count). The van der Waals surface area contributed by atoms with Crippen LogP contribution in [0, 0.1) is 0 Å². The summed E-state index contributed by atoms with van der Waals surface area (Å²) < 4.78 is 0. The smallest absolute Gasteiger partial charge is 0.253 e. The minimum absolute atomic E-state index is 0.0274. The number of hydrogen-bond acceptors (Lipinski definition) is 3. The van der Waals surface area contributed by atoms with Crippen molar-refractivity contribution in [3.63, 3.8) is 0 Å². The third kappa shape index (κ3) is 5.17. The summed E-state index contributed by atoms with van der Waals surface area (Å²) >= 11 is 0. The number of carbonyl (C=O) groups excluding carboxylic acids is 2. The molecule has 1 unspecified atom stereocenters. The second-order valence-corrected chi connectivity index (χ2v) is 7.75. The van der Waals surface area contributed by atoms with Gasteiger partial charge in [-0.2, -0.15) is 0 Å². The molecule has 0 bridgehead atoms. The third-order valence-electron chi connectivity index (χ3n) is 5.46. The van der Waals surface area contributed by atoms with Gasteiger partial charge >= 0.3 is 0 Å². The maximum Gasteiger partial charge on any atom is 0.253 e. The van der Waals surface area contributed by atoms with Gasteiger partial charge in [-0.25, -0.2) is 0 Å². The fourth-order valence-electron chi connectivity index (χ4n) is 3.63. The third-order valence-corrected chi connectivity index (χ3v) is 5.46. The van der Waals surface area contributed by atoms with Gasteiger partial charge in [-0.1, -0.05) is 38.1 Å². The van der Waals surface area contributed by atoms with Crippen LogP contribution < -0.4 is 15.5 Å². The standard InChI is InChI=1S/C24H31N3O2/c1-4-8-23(28)26-20-11-12-22(21(15-20)24(29)25-17(3)5-2)27-14-13-18-9-6-7-10-19(18)16-27/h6-7,9-12,15,17H,4-5,8,13-14,16H2,1-3H3,(H,25,29)(H,26,28). The van der Waals surface area contributed by atoms with Crippen LogP contribution >= 0.6 is 0 Å². The average Bonchev–Trinajstić information content (AvgIpc) is 2.73. The number of nitrogens with zero attached hydrogens (tertiary/aromatic N) is 1. The van der Waals surface area contributed by atoms with Crippen LogP contribution in [0.2, 0.25) is 0 Å². The van der Waals surface area contributed by atoms with Crippen molar-refractivity contribution in [1.82, 2.24) is 5.32 Å². The molecule has 1 atom stereocenters. The molecule has 2 aromatic carbocycles. The summed E-state index contributed by atoms with van der Waals surface area (Å²) in [5.74, 6) is -0.125. The lowest BCUT2D eigenvalue weighted by atomic mass is 9.98. The first-order chi connectivity index (χ1) is 14.0. The first kappa shape index (κ1) is 20.9. The summed E-state index contributed by atoms with van der Waals surface area (Å²) in [4.78, 5) is 27.3. The summed E-state index contributed by atoms with van der Waals surface area (Å²) in [7, 11) is 0. The number of fused-ring (bicyclic) bond motifs is 1. The molecule has 0 saturated heterocycles. The summed E-state index contributed by atoms with van der Waals surface area (Å²) in [5, 5.41) is 5.99. The van der Waals surface area contributed by atoms with E-state index in [-0.39, 0.29) is 17.9 Å². The molecule has 0 radical (unpaired) electrons. The Labute approximate surface area is 173 Å². The maximum absolute atomic E-state index is 13.0. The van der Waals surface area contributed by atoms with Gasteiger partial charge in [0.25, 0.3) is 5.91 Å². The molecular formula is C24H31N3O2. The number of anilines is 2. The second-order valence-electron chi connectivity index (χ2n) is 7.75. The number of rotatable bonds is 7. The van der Waals surface area contributed by atoms with Gasteiger partial charge in [0.15, 0.2) is 0 Å². The lowest BCUT2D eigenvalue weighted by Crippen LogP contribution is -2.35. The van der Waals surface area contributed by atoms with Crippen molar-refractivity contribution in [3.05, 3.63) is 59.2 Å². The SMILES string of the molecule is CCCC(=O)Nc1ccc(N2CCc3ccccc3C2)c(C(=O)NC(C)CC)c1. The van der Waals surface area contributed by atoms with Crippen LogP contribution in [0.1, 0.15) is 61.5 Å². The molecule has 0 saturated carbocycles. The Kier molecular flexibility index (Phi) is 6.91. The predicted molar refractivity (Wildman–Crippen MR) is 118 cm³/mol. The molecule has 2 amide bonds. The van der Waals surface area contributed by atoms with Gasteiger partial charge in [0.1, 0.15) is 0 Å². The number of nitrogens with one attached hydrogen (secondary N) is 2. The van der Waals surface area contributed by atoms with E-state index in [2.05, 4.69) is 46.7 Å². The van der Waals surface area contributed by atoms with Crippen molar-refractivity contribution in [2.45, 2.75) is 59.0 Å². The Morgan fingerprint density at radius 3 is 2.59 bits per heavy atom. The number of benzene rings is 2. The minimum atomic E-state index is -0.0974. The molecule has 2 N–H and O–H groups in total.